The van der Waals surface area contributed by atoms with Crippen molar-refractivity contribution in [2.24, 2.45) is 0 Å². The number of halogens is 1. The number of rotatable bonds is 6. The Bertz CT molecular complexity index is 1470. The zero-order valence-corrected chi connectivity index (χ0v) is 20.8. The van der Waals surface area contributed by atoms with E-state index in [4.69, 9.17) is 4.74 Å². The van der Waals surface area contributed by atoms with Gasteiger partial charge in [-0.1, -0.05) is 36.4 Å². The van der Waals surface area contributed by atoms with Gasteiger partial charge in [-0.3, -0.25) is 0 Å². The van der Waals surface area contributed by atoms with Crippen LogP contribution >= 0.6 is 0 Å². The minimum Gasteiger partial charge on any atom is -0.497 e. The van der Waals surface area contributed by atoms with Gasteiger partial charge in [0.15, 0.2) is 0 Å². The maximum absolute atomic E-state index is 13.6. The molecule has 2 heterocycles. The molecule has 35 heavy (non-hydrogen) atoms. The zero-order chi connectivity index (χ0) is 24.6. The molecular formula is C28H29FN2O3S. The number of piperidine rings is 1. The molecule has 7 heteroatoms. The van der Waals surface area contributed by atoms with Gasteiger partial charge in [0.2, 0.25) is 10.0 Å². The average molecular weight is 493 g/mol. The molecule has 182 valence electrons. The number of nitrogens with zero attached hydrogens (tertiary/aromatic N) is 2. The molecule has 0 unspecified atom stereocenters. The highest BCUT2D eigenvalue weighted by molar-refractivity contribution is 7.89. The summed E-state index contributed by atoms with van der Waals surface area (Å²) < 4.78 is 49.0. The van der Waals surface area contributed by atoms with E-state index < -0.39 is 15.8 Å². The maximum atomic E-state index is 13.6. The van der Waals surface area contributed by atoms with Crippen molar-refractivity contribution in [1.82, 2.24) is 8.87 Å². The summed E-state index contributed by atoms with van der Waals surface area (Å²) in [5.74, 6) is 0.551. The summed E-state index contributed by atoms with van der Waals surface area (Å²) in [7, 11) is -2.03. The van der Waals surface area contributed by atoms with Crippen molar-refractivity contribution in [2.45, 2.75) is 37.1 Å². The second kappa shape index (κ2) is 9.47. The molecule has 5 nitrogen and oxygen atoms in total. The van der Waals surface area contributed by atoms with E-state index in [1.165, 1.54) is 44.7 Å². The van der Waals surface area contributed by atoms with Crippen LogP contribution < -0.4 is 4.74 Å². The average Bonchev–Trinajstić information content (AvgIpc) is 3.15. The monoisotopic (exact) mass is 492 g/mol. The molecule has 1 aromatic heterocycles. The maximum Gasteiger partial charge on any atom is 0.243 e. The SMILES string of the molecule is COc1cccc(Cn2c(C)c(C3CCN(S(=O)(=O)c4cccc(F)c4)CC3)c3ccccc32)c1. The lowest BCUT2D eigenvalue weighted by Gasteiger charge is -2.31. The van der Waals surface area contributed by atoms with Gasteiger partial charge in [-0.2, -0.15) is 4.31 Å². The van der Waals surface area contributed by atoms with Crippen molar-refractivity contribution in [3.63, 3.8) is 0 Å². The molecule has 0 aliphatic carbocycles. The number of methoxy groups -OCH3 is 1. The van der Waals surface area contributed by atoms with E-state index in [1.807, 2.05) is 12.1 Å². The van der Waals surface area contributed by atoms with Crippen molar-refractivity contribution in [3.05, 3.63) is 95.4 Å². The van der Waals surface area contributed by atoms with Crippen LogP contribution in [0.1, 0.15) is 35.6 Å². The van der Waals surface area contributed by atoms with Crippen molar-refractivity contribution in [2.75, 3.05) is 20.2 Å². The smallest absolute Gasteiger partial charge is 0.243 e. The zero-order valence-electron chi connectivity index (χ0n) is 19.9. The number of fused-ring (bicyclic) bond motifs is 1. The lowest BCUT2D eigenvalue weighted by molar-refractivity contribution is 0.319. The van der Waals surface area contributed by atoms with Crippen LogP contribution in [0.5, 0.6) is 5.75 Å². The number of hydrogen-bond donors (Lipinski definition) is 0. The van der Waals surface area contributed by atoms with Crippen molar-refractivity contribution >= 4 is 20.9 Å². The Morgan fingerprint density at radius 2 is 1.71 bits per heavy atom. The van der Waals surface area contributed by atoms with Crippen LogP contribution in [0, 0.1) is 12.7 Å². The molecule has 5 rings (SSSR count). The summed E-state index contributed by atoms with van der Waals surface area (Å²) in [6, 6.07) is 21.8. The molecule has 0 saturated carbocycles. The first-order valence-corrected chi connectivity index (χ1v) is 13.3. The van der Waals surface area contributed by atoms with Crippen LogP contribution in [0.2, 0.25) is 0 Å². The minimum absolute atomic E-state index is 0.0158. The quantitative estimate of drug-likeness (QED) is 0.346. The lowest BCUT2D eigenvalue weighted by atomic mass is 9.88. The Morgan fingerprint density at radius 3 is 2.46 bits per heavy atom. The number of para-hydroxylation sites is 1. The fourth-order valence-electron chi connectivity index (χ4n) is 5.29. The van der Waals surface area contributed by atoms with E-state index in [9.17, 15) is 12.8 Å². The van der Waals surface area contributed by atoms with Gasteiger partial charge >= 0.3 is 0 Å². The van der Waals surface area contributed by atoms with Crippen LogP contribution in [0.15, 0.2) is 77.7 Å². The summed E-state index contributed by atoms with van der Waals surface area (Å²) in [5, 5.41) is 1.22. The van der Waals surface area contributed by atoms with Crippen LogP contribution in [0.3, 0.4) is 0 Å². The molecule has 1 aliphatic rings. The topological polar surface area (TPSA) is 51.5 Å². The van der Waals surface area contributed by atoms with E-state index in [0.29, 0.717) is 13.1 Å². The molecule has 3 aromatic carbocycles. The van der Waals surface area contributed by atoms with Gasteiger partial charge in [0.25, 0.3) is 0 Å². The Hall–Kier alpha value is -3.16. The van der Waals surface area contributed by atoms with Gasteiger partial charge in [0, 0.05) is 36.2 Å². The van der Waals surface area contributed by atoms with Crippen molar-refractivity contribution < 1.29 is 17.5 Å². The first-order chi connectivity index (χ1) is 16.9. The normalized spacial score (nSPS) is 15.5. The third-order valence-electron chi connectivity index (χ3n) is 7.05. The van der Waals surface area contributed by atoms with E-state index in [1.54, 1.807) is 7.11 Å². The number of sulfonamides is 1. The third-order valence-corrected chi connectivity index (χ3v) is 8.95. The van der Waals surface area contributed by atoms with Gasteiger partial charge in [-0.25, -0.2) is 12.8 Å². The molecule has 0 radical (unpaired) electrons. The molecule has 1 aliphatic heterocycles. The molecule has 0 atom stereocenters. The predicted molar refractivity (Wildman–Crippen MR) is 136 cm³/mol. The molecular weight excluding hydrogens is 463 g/mol. The van der Waals surface area contributed by atoms with Gasteiger partial charge in [0.05, 0.1) is 12.0 Å². The van der Waals surface area contributed by atoms with Gasteiger partial charge < -0.3 is 9.30 Å². The summed E-state index contributed by atoms with van der Waals surface area (Å²) >= 11 is 0. The fraction of sp³-hybridized carbons (Fsp3) is 0.286. The molecule has 0 bridgehead atoms. The van der Waals surface area contributed by atoms with Crippen LogP contribution in [-0.4, -0.2) is 37.5 Å². The number of ether oxygens (including phenoxy) is 1. The number of aromatic nitrogens is 1. The highest BCUT2D eigenvalue weighted by Gasteiger charge is 2.32. The van der Waals surface area contributed by atoms with Crippen LogP contribution in [0.25, 0.3) is 10.9 Å². The second-order valence-electron chi connectivity index (χ2n) is 9.09. The lowest BCUT2D eigenvalue weighted by Crippen LogP contribution is -2.38. The fourth-order valence-corrected chi connectivity index (χ4v) is 6.79. The molecule has 4 aromatic rings. The largest absolute Gasteiger partial charge is 0.497 e. The number of hydrogen-bond acceptors (Lipinski definition) is 3. The second-order valence-corrected chi connectivity index (χ2v) is 11.0. The summed E-state index contributed by atoms with van der Waals surface area (Å²) in [5.41, 5.74) is 4.85. The number of benzene rings is 3. The van der Waals surface area contributed by atoms with E-state index in [-0.39, 0.29) is 10.8 Å². The van der Waals surface area contributed by atoms with Crippen LogP contribution in [-0.2, 0) is 16.6 Å². The third kappa shape index (κ3) is 4.46. The summed E-state index contributed by atoms with van der Waals surface area (Å²) in [6.45, 7) is 3.72. The van der Waals surface area contributed by atoms with Crippen molar-refractivity contribution in [3.8, 4) is 5.75 Å². The Kier molecular flexibility index (Phi) is 6.38. The van der Waals surface area contributed by atoms with Gasteiger partial charge in [-0.15, -0.1) is 0 Å². The Balaban J connectivity index is 1.43. The van der Waals surface area contributed by atoms with Crippen molar-refractivity contribution in [1.29, 1.82) is 0 Å². The van der Waals surface area contributed by atoms with E-state index >= 15 is 0 Å². The molecule has 1 saturated heterocycles. The summed E-state index contributed by atoms with van der Waals surface area (Å²) in [6.07, 6.45) is 1.45. The molecule has 1 fully saturated rings. The first-order valence-electron chi connectivity index (χ1n) is 11.8. The van der Waals surface area contributed by atoms with Gasteiger partial charge in [-0.05, 0) is 73.2 Å². The van der Waals surface area contributed by atoms with Crippen LogP contribution in [0.4, 0.5) is 4.39 Å². The summed E-state index contributed by atoms with van der Waals surface area (Å²) in [4.78, 5) is 0.0158. The Morgan fingerprint density at radius 1 is 0.971 bits per heavy atom. The minimum atomic E-state index is -3.71. The first kappa shape index (κ1) is 23.6. The molecule has 0 N–H and O–H groups in total. The van der Waals surface area contributed by atoms with E-state index in [0.717, 1.165) is 36.8 Å². The van der Waals surface area contributed by atoms with E-state index in [2.05, 4.69) is 47.9 Å². The molecule has 0 spiro atoms. The Labute approximate surface area is 205 Å². The highest BCUT2D eigenvalue weighted by Crippen LogP contribution is 2.38. The predicted octanol–water partition coefficient (Wildman–Crippen LogP) is 5.71. The van der Waals surface area contributed by atoms with Gasteiger partial charge in [0.1, 0.15) is 11.6 Å². The molecule has 0 amide bonds. The highest BCUT2D eigenvalue weighted by atomic mass is 32.2. The standard InChI is InChI=1S/C28H29FN2O3S/c1-20-28(22-13-15-30(16-14-22)35(32,33)25-10-6-8-23(29)18-25)26-11-3-4-12-27(26)31(20)19-21-7-5-9-24(17-21)34-2/h3-12,17-18,22H,13-16,19H2,1-2H3.